The fraction of sp³-hybridized carbons (Fsp3) is 0.949. The summed E-state index contributed by atoms with van der Waals surface area (Å²) in [5.74, 6) is 4.52. The number of aliphatic hydroxyl groups is 6. The van der Waals surface area contributed by atoms with Gasteiger partial charge in [-0.3, -0.25) is 4.90 Å². The van der Waals surface area contributed by atoms with E-state index in [-0.39, 0.29) is 11.5 Å². The normalized spacial score (nSPS) is 58.0. The van der Waals surface area contributed by atoms with E-state index in [9.17, 15) is 30.6 Å². The molecule has 7 fully saturated rings. The summed E-state index contributed by atoms with van der Waals surface area (Å²) in [6.07, 6.45) is -0.545. The van der Waals surface area contributed by atoms with Crippen molar-refractivity contribution in [3.63, 3.8) is 0 Å². The highest BCUT2D eigenvalue weighted by Crippen LogP contribution is 2.70. The van der Waals surface area contributed by atoms with Gasteiger partial charge in [-0.25, -0.2) is 0 Å². The predicted octanol–water partition coefficient (Wildman–Crippen LogP) is 2.33. The molecule has 50 heavy (non-hydrogen) atoms. The third kappa shape index (κ3) is 5.54. The van der Waals surface area contributed by atoms with E-state index in [1.807, 2.05) is 0 Å². The lowest BCUT2D eigenvalue weighted by molar-refractivity contribution is -0.369. The van der Waals surface area contributed by atoms with Crippen molar-refractivity contribution in [1.82, 2.24) is 4.90 Å². The number of piperidine rings is 1. The monoisotopic (exact) mass is 705 g/mol. The second kappa shape index (κ2) is 13.3. The molecule has 0 bridgehead atoms. The average Bonchev–Trinajstić information content (AvgIpc) is 3.56. The predicted molar refractivity (Wildman–Crippen MR) is 182 cm³/mol. The zero-order valence-electron chi connectivity index (χ0n) is 30.6. The van der Waals surface area contributed by atoms with Gasteiger partial charge in [0, 0.05) is 18.6 Å². The number of fused-ring (bicyclic) bond motifs is 9. The van der Waals surface area contributed by atoms with E-state index in [0.717, 1.165) is 61.4 Å². The van der Waals surface area contributed by atoms with Gasteiger partial charge in [-0.05, 0) is 111 Å². The van der Waals surface area contributed by atoms with Gasteiger partial charge in [0.05, 0.1) is 18.8 Å². The fourth-order valence-corrected chi connectivity index (χ4v) is 13.3. The van der Waals surface area contributed by atoms with Gasteiger partial charge in [-0.2, -0.15) is 0 Å². The van der Waals surface area contributed by atoms with Crippen LogP contribution < -0.4 is 0 Å². The Hall–Kier alpha value is -0.700. The maximum Gasteiger partial charge on any atom is 0.187 e. The number of rotatable bonds is 5. The smallest absolute Gasteiger partial charge is 0.187 e. The minimum atomic E-state index is -1.60. The molecule has 0 amide bonds. The molecule has 4 saturated heterocycles. The van der Waals surface area contributed by atoms with Crippen molar-refractivity contribution in [2.75, 3.05) is 13.2 Å². The Morgan fingerprint density at radius 3 is 2.36 bits per heavy atom. The van der Waals surface area contributed by atoms with Gasteiger partial charge in [0.15, 0.2) is 12.6 Å². The summed E-state index contributed by atoms with van der Waals surface area (Å²) < 4.78 is 24.2. The van der Waals surface area contributed by atoms with Crippen molar-refractivity contribution < 1.29 is 49.6 Å². The summed E-state index contributed by atoms with van der Waals surface area (Å²) in [5.41, 5.74) is 1.96. The highest BCUT2D eigenvalue weighted by Gasteiger charge is 2.66. The molecule has 11 nitrogen and oxygen atoms in total. The standard InChI is InChI=1S/C39H63NO10/c1-18-6-9-26-19(2)29-27(40(26)16-18)15-25-23-8-7-21-14-22(10-12-38(21,4)24(23)11-13-39(25,29)5)48-37-35(33(45)31(43)28(17-41)49-37)50-36-34(46)32(44)30(42)20(3)47-36/h7,18-20,22-37,41-46H,6,8-17H2,1-5H3/t18-,19+,20-,22?,23+,24-,25-,26+,27-,28+,29-,30-,31+,32+,33-,34+,35+,36-,37+,38-,39-/m0/s1. The van der Waals surface area contributed by atoms with Gasteiger partial charge in [0.1, 0.15) is 42.7 Å². The first-order valence-corrected chi connectivity index (χ1v) is 19.8. The molecule has 0 spiro atoms. The number of hydrogen-bond acceptors (Lipinski definition) is 11. The Balaban J connectivity index is 0.978. The first-order valence-electron chi connectivity index (χ1n) is 19.8. The molecule has 4 heterocycles. The lowest BCUT2D eigenvalue weighted by Crippen LogP contribution is -2.64. The molecule has 21 atom stereocenters. The summed E-state index contributed by atoms with van der Waals surface area (Å²) in [6, 6.07) is 1.52. The number of aliphatic hydroxyl groups excluding tert-OH is 6. The van der Waals surface area contributed by atoms with E-state index in [4.69, 9.17) is 18.9 Å². The summed E-state index contributed by atoms with van der Waals surface area (Å²) in [5, 5.41) is 62.9. The molecule has 0 aromatic carbocycles. The van der Waals surface area contributed by atoms with Crippen molar-refractivity contribution in [3.05, 3.63) is 11.6 Å². The van der Waals surface area contributed by atoms with Gasteiger partial charge >= 0.3 is 0 Å². The Morgan fingerprint density at radius 1 is 0.820 bits per heavy atom. The Kier molecular flexibility index (Phi) is 9.62. The first-order chi connectivity index (χ1) is 23.8. The van der Waals surface area contributed by atoms with Gasteiger partial charge in [-0.1, -0.05) is 39.3 Å². The minimum Gasteiger partial charge on any atom is -0.394 e. The maximum absolute atomic E-state index is 11.1. The van der Waals surface area contributed by atoms with Crippen molar-refractivity contribution in [3.8, 4) is 0 Å². The van der Waals surface area contributed by atoms with Gasteiger partial charge < -0.3 is 49.6 Å². The van der Waals surface area contributed by atoms with Crippen LogP contribution in [0, 0.1) is 46.3 Å². The van der Waals surface area contributed by atoms with E-state index in [2.05, 4.69) is 38.7 Å². The third-order valence-electron chi connectivity index (χ3n) is 15.9. The molecule has 0 aromatic rings. The largest absolute Gasteiger partial charge is 0.394 e. The lowest BCUT2D eigenvalue weighted by Gasteiger charge is -2.58. The molecule has 4 aliphatic heterocycles. The number of hydrogen-bond donors (Lipinski definition) is 6. The molecular weight excluding hydrogens is 642 g/mol. The molecule has 284 valence electrons. The van der Waals surface area contributed by atoms with E-state index in [0.29, 0.717) is 17.3 Å². The van der Waals surface area contributed by atoms with Crippen LogP contribution >= 0.6 is 0 Å². The zero-order chi connectivity index (χ0) is 35.4. The summed E-state index contributed by atoms with van der Waals surface area (Å²) in [6.45, 7) is 12.5. The molecule has 1 unspecified atom stereocenters. The van der Waals surface area contributed by atoms with Crippen molar-refractivity contribution in [1.29, 1.82) is 0 Å². The fourth-order valence-electron chi connectivity index (χ4n) is 13.3. The van der Waals surface area contributed by atoms with E-state index in [1.165, 1.54) is 44.2 Å². The van der Waals surface area contributed by atoms with Gasteiger partial charge in [-0.15, -0.1) is 0 Å². The topological polar surface area (TPSA) is 162 Å². The Morgan fingerprint density at radius 2 is 1.60 bits per heavy atom. The summed E-state index contributed by atoms with van der Waals surface area (Å²) in [7, 11) is 0. The lowest BCUT2D eigenvalue weighted by atomic mass is 9.47. The van der Waals surface area contributed by atoms with Crippen LogP contribution in [-0.2, 0) is 18.9 Å². The van der Waals surface area contributed by atoms with Gasteiger partial charge in [0.2, 0.25) is 0 Å². The number of ether oxygens (including phenoxy) is 4. The van der Waals surface area contributed by atoms with Crippen LogP contribution in [0.2, 0.25) is 0 Å². The SMILES string of the molecule is C[C@H]1CC[C@@H]2[C@@H](C)[C@H]3[C@H](C[C@H]4[C@@H]5CC=C6CC(O[C@@H]7O[C@H](CO)[C@@H](O)[C@H](O)[C@H]7O[C@@H]7O[C@@H](C)[C@H](O)[C@@H](O)[C@H]7O)CC[C@]6(C)[C@H]5CC[C@]34C)N2C1. The second-order valence-corrected chi connectivity index (χ2v) is 18.4. The summed E-state index contributed by atoms with van der Waals surface area (Å²) in [4.78, 5) is 2.96. The van der Waals surface area contributed by atoms with E-state index < -0.39 is 68.0 Å². The van der Waals surface area contributed by atoms with Crippen LogP contribution in [-0.4, -0.2) is 128 Å². The maximum atomic E-state index is 11.1. The average molecular weight is 706 g/mol. The quantitative estimate of drug-likeness (QED) is 0.233. The first kappa shape index (κ1) is 36.3. The molecule has 8 rings (SSSR count). The molecule has 3 saturated carbocycles. The molecule has 4 aliphatic carbocycles. The molecule has 0 radical (unpaired) electrons. The molecule has 11 heteroatoms. The van der Waals surface area contributed by atoms with E-state index in [1.54, 1.807) is 6.92 Å². The van der Waals surface area contributed by atoms with Crippen molar-refractivity contribution in [2.24, 2.45) is 46.3 Å². The minimum absolute atomic E-state index is 0.107. The zero-order valence-corrected chi connectivity index (χ0v) is 30.6. The van der Waals surface area contributed by atoms with Crippen LogP contribution in [0.25, 0.3) is 0 Å². The van der Waals surface area contributed by atoms with E-state index >= 15 is 0 Å². The van der Waals surface area contributed by atoms with Crippen LogP contribution in [0.5, 0.6) is 0 Å². The molecular formula is C39H63NO10. The van der Waals surface area contributed by atoms with Crippen LogP contribution in [0.3, 0.4) is 0 Å². The second-order valence-electron chi connectivity index (χ2n) is 18.4. The van der Waals surface area contributed by atoms with Crippen LogP contribution in [0.4, 0.5) is 0 Å². The van der Waals surface area contributed by atoms with Crippen LogP contribution in [0.15, 0.2) is 11.6 Å². The highest BCUT2D eigenvalue weighted by molar-refractivity contribution is 5.27. The summed E-state index contributed by atoms with van der Waals surface area (Å²) >= 11 is 0. The number of allylic oxidation sites excluding steroid dienone is 1. The molecule has 0 aromatic heterocycles. The molecule has 6 N–H and O–H groups in total. The van der Waals surface area contributed by atoms with Crippen molar-refractivity contribution >= 4 is 0 Å². The molecule has 8 aliphatic rings. The van der Waals surface area contributed by atoms with Gasteiger partial charge in [0.25, 0.3) is 0 Å². The number of nitrogens with zero attached hydrogens (tertiary/aromatic N) is 1. The van der Waals surface area contributed by atoms with Crippen LogP contribution in [0.1, 0.15) is 92.4 Å². The third-order valence-corrected chi connectivity index (χ3v) is 15.9. The highest BCUT2D eigenvalue weighted by atomic mass is 16.8. The Labute approximate surface area is 297 Å². The Bertz CT molecular complexity index is 1290. The van der Waals surface area contributed by atoms with Crippen molar-refractivity contribution in [2.45, 2.75) is 172 Å².